The van der Waals surface area contributed by atoms with Gasteiger partial charge in [-0.25, -0.2) is 13.6 Å². The zero-order valence-electron chi connectivity index (χ0n) is 12.8. The summed E-state index contributed by atoms with van der Waals surface area (Å²) in [7, 11) is 0. The lowest BCUT2D eigenvalue weighted by Gasteiger charge is -2.20. The number of nitrogens with zero attached hydrogens (tertiary/aromatic N) is 1. The molecule has 1 aliphatic carbocycles. The summed E-state index contributed by atoms with van der Waals surface area (Å²) in [5, 5.41) is 10.4. The third-order valence-corrected chi connectivity index (χ3v) is 4.35. The third kappa shape index (κ3) is 2.56. The average molecular weight is 354 g/mol. The van der Waals surface area contributed by atoms with Crippen LogP contribution in [0.5, 0.6) is 0 Å². The molecule has 0 amide bonds. The van der Waals surface area contributed by atoms with E-state index in [1.165, 1.54) is 12.3 Å². The number of fused-ring (bicyclic) bond motifs is 1. The Morgan fingerprint density at radius 2 is 2.21 bits per heavy atom. The summed E-state index contributed by atoms with van der Waals surface area (Å²) in [5.41, 5.74) is -1.21. The first kappa shape index (κ1) is 16.8. The largest absolute Gasteiger partial charge is 0.464 e. The lowest BCUT2D eigenvalue weighted by atomic mass is 9.99. The van der Waals surface area contributed by atoms with Gasteiger partial charge in [-0.15, -0.1) is 0 Å². The number of hydrogen-bond acceptors (Lipinski definition) is 4. The molecule has 1 aromatic carbocycles. The van der Waals surface area contributed by atoms with Crippen LogP contribution >= 0.6 is 11.6 Å². The van der Waals surface area contributed by atoms with Crippen LogP contribution in [0.3, 0.4) is 0 Å². The summed E-state index contributed by atoms with van der Waals surface area (Å²) >= 11 is 5.71. The van der Waals surface area contributed by atoms with Crippen molar-refractivity contribution in [3.63, 3.8) is 0 Å². The Hall–Kier alpha value is -2.05. The second-order valence-electron chi connectivity index (χ2n) is 5.53. The van der Waals surface area contributed by atoms with Crippen LogP contribution in [0.15, 0.2) is 24.4 Å². The van der Waals surface area contributed by atoms with Crippen molar-refractivity contribution in [3.05, 3.63) is 52.3 Å². The number of ether oxygens (including phenoxy) is 1. The van der Waals surface area contributed by atoms with Gasteiger partial charge in [0.05, 0.1) is 22.9 Å². The third-order valence-electron chi connectivity index (χ3n) is 4.06. The lowest BCUT2D eigenvalue weighted by Crippen LogP contribution is -2.35. The number of halogens is 3. The normalized spacial score (nSPS) is 19.2. The molecule has 1 unspecified atom stereocenters. The average Bonchev–Trinajstić information content (AvgIpc) is 2.90. The standard InChI is InChI=1S/C17H14ClF2NO3/c1-2-24-16(22)17(23)6-5-9-7-10(8-21-15(9)17)13-12(19)4-3-11(18)14(13)20/h3-4,7-8,23H,2,5-6H2,1H3. The summed E-state index contributed by atoms with van der Waals surface area (Å²) in [4.78, 5) is 16.1. The van der Waals surface area contributed by atoms with Crippen LogP contribution in [0.1, 0.15) is 24.6 Å². The van der Waals surface area contributed by atoms with Gasteiger partial charge in [0.2, 0.25) is 5.60 Å². The number of benzene rings is 1. The molecule has 24 heavy (non-hydrogen) atoms. The van der Waals surface area contributed by atoms with E-state index >= 15 is 0 Å². The summed E-state index contributed by atoms with van der Waals surface area (Å²) in [5.74, 6) is -2.42. The van der Waals surface area contributed by atoms with Crippen LogP contribution in [0.25, 0.3) is 11.1 Å². The predicted molar refractivity (Wildman–Crippen MR) is 83.4 cm³/mol. The van der Waals surface area contributed by atoms with E-state index in [1.807, 2.05) is 0 Å². The highest BCUT2D eigenvalue weighted by Crippen LogP contribution is 2.39. The molecular formula is C17H14ClF2NO3. The highest BCUT2D eigenvalue weighted by molar-refractivity contribution is 6.31. The molecule has 1 N–H and O–H groups in total. The molecule has 3 rings (SSSR count). The van der Waals surface area contributed by atoms with E-state index in [2.05, 4.69) is 4.98 Å². The molecule has 126 valence electrons. The van der Waals surface area contributed by atoms with Gasteiger partial charge >= 0.3 is 5.97 Å². The maximum Gasteiger partial charge on any atom is 0.344 e. The minimum atomic E-state index is -1.82. The van der Waals surface area contributed by atoms with Crippen LogP contribution in [0.2, 0.25) is 5.02 Å². The number of carbonyl (C=O) groups excluding carboxylic acids is 1. The Bertz CT molecular complexity index is 828. The fourth-order valence-corrected chi connectivity index (χ4v) is 3.04. The highest BCUT2D eigenvalue weighted by atomic mass is 35.5. The van der Waals surface area contributed by atoms with E-state index in [-0.39, 0.29) is 34.9 Å². The summed E-state index contributed by atoms with van der Waals surface area (Å²) in [6, 6.07) is 3.72. The smallest absolute Gasteiger partial charge is 0.344 e. The number of aromatic nitrogens is 1. The molecule has 0 saturated carbocycles. The lowest BCUT2D eigenvalue weighted by molar-refractivity contribution is -0.166. The molecule has 0 spiro atoms. The van der Waals surface area contributed by atoms with Crippen LogP contribution in [-0.4, -0.2) is 22.7 Å². The van der Waals surface area contributed by atoms with Gasteiger partial charge in [0.25, 0.3) is 0 Å². The van der Waals surface area contributed by atoms with Gasteiger partial charge in [-0.2, -0.15) is 0 Å². The first-order valence-electron chi connectivity index (χ1n) is 7.41. The molecule has 1 heterocycles. The number of aliphatic hydroxyl groups is 1. The van der Waals surface area contributed by atoms with E-state index in [9.17, 15) is 18.7 Å². The minimum Gasteiger partial charge on any atom is -0.464 e. The molecule has 1 atom stereocenters. The van der Waals surface area contributed by atoms with Gasteiger partial charge in [0.1, 0.15) is 5.82 Å². The Balaban J connectivity index is 2.07. The van der Waals surface area contributed by atoms with E-state index in [0.717, 1.165) is 12.1 Å². The molecule has 0 aliphatic heterocycles. The van der Waals surface area contributed by atoms with Crippen molar-refractivity contribution < 1.29 is 23.4 Å². The number of hydrogen-bond donors (Lipinski definition) is 1. The van der Waals surface area contributed by atoms with Crippen molar-refractivity contribution in [1.82, 2.24) is 4.98 Å². The van der Waals surface area contributed by atoms with Gasteiger partial charge in [-0.3, -0.25) is 4.98 Å². The Morgan fingerprint density at radius 3 is 2.92 bits per heavy atom. The second-order valence-corrected chi connectivity index (χ2v) is 5.94. The molecule has 7 heteroatoms. The van der Waals surface area contributed by atoms with E-state index in [1.54, 1.807) is 6.92 Å². The summed E-state index contributed by atoms with van der Waals surface area (Å²) < 4.78 is 33.0. The molecule has 2 aromatic rings. The first-order valence-corrected chi connectivity index (χ1v) is 7.79. The van der Waals surface area contributed by atoms with E-state index < -0.39 is 23.2 Å². The van der Waals surface area contributed by atoms with Gasteiger partial charge < -0.3 is 9.84 Å². The first-order chi connectivity index (χ1) is 11.4. The Kier molecular flexibility index (Phi) is 4.27. The zero-order valence-corrected chi connectivity index (χ0v) is 13.5. The summed E-state index contributed by atoms with van der Waals surface area (Å²) in [6.07, 6.45) is 1.67. The maximum atomic E-state index is 14.2. The van der Waals surface area contributed by atoms with Crippen molar-refractivity contribution in [3.8, 4) is 11.1 Å². The predicted octanol–water partition coefficient (Wildman–Crippen LogP) is 3.38. The Labute approximate surface area is 142 Å². The molecule has 4 nitrogen and oxygen atoms in total. The number of aryl methyl sites for hydroxylation is 1. The molecule has 0 radical (unpaired) electrons. The molecule has 1 aliphatic rings. The zero-order chi connectivity index (χ0) is 17.5. The number of rotatable bonds is 3. The van der Waals surface area contributed by atoms with Crippen LogP contribution < -0.4 is 0 Å². The fraction of sp³-hybridized carbons (Fsp3) is 0.294. The van der Waals surface area contributed by atoms with Gasteiger partial charge in [0, 0.05) is 11.8 Å². The van der Waals surface area contributed by atoms with Crippen molar-refractivity contribution in [2.75, 3.05) is 6.61 Å². The SMILES string of the molecule is CCOC(=O)C1(O)CCc2cc(-c3c(F)ccc(Cl)c3F)cnc21. The second kappa shape index (κ2) is 6.11. The fourth-order valence-electron chi connectivity index (χ4n) is 2.88. The van der Waals surface area contributed by atoms with Gasteiger partial charge in [-0.1, -0.05) is 11.6 Å². The highest BCUT2D eigenvalue weighted by Gasteiger charge is 2.46. The van der Waals surface area contributed by atoms with Crippen LogP contribution in [0, 0.1) is 11.6 Å². The monoisotopic (exact) mass is 353 g/mol. The molecule has 1 aromatic heterocycles. The molecule has 0 bridgehead atoms. The molecular weight excluding hydrogens is 340 g/mol. The van der Waals surface area contributed by atoms with Crippen LogP contribution in [-0.2, 0) is 21.6 Å². The maximum absolute atomic E-state index is 14.2. The topological polar surface area (TPSA) is 59.4 Å². The minimum absolute atomic E-state index is 0.109. The number of pyridine rings is 1. The van der Waals surface area contributed by atoms with Crippen molar-refractivity contribution >= 4 is 17.6 Å². The number of carbonyl (C=O) groups is 1. The van der Waals surface area contributed by atoms with Crippen LogP contribution in [0.4, 0.5) is 8.78 Å². The van der Waals surface area contributed by atoms with Crippen molar-refractivity contribution in [2.24, 2.45) is 0 Å². The van der Waals surface area contributed by atoms with Crippen molar-refractivity contribution in [1.29, 1.82) is 0 Å². The van der Waals surface area contributed by atoms with E-state index in [4.69, 9.17) is 16.3 Å². The van der Waals surface area contributed by atoms with Crippen molar-refractivity contribution in [2.45, 2.75) is 25.4 Å². The van der Waals surface area contributed by atoms with E-state index in [0.29, 0.717) is 12.0 Å². The molecule has 0 saturated heterocycles. The summed E-state index contributed by atoms with van der Waals surface area (Å²) in [6.45, 7) is 1.77. The Morgan fingerprint density at radius 1 is 1.46 bits per heavy atom. The molecule has 0 fully saturated rings. The number of esters is 1. The van der Waals surface area contributed by atoms with Gasteiger partial charge in [-0.05, 0) is 43.5 Å². The van der Waals surface area contributed by atoms with Gasteiger partial charge in [0.15, 0.2) is 5.82 Å². The quantitative estimate of drug-likeness (QED) is 0.679.